The third-order valence-corrected chi connectivity index (χ3v) is 5.02. The normalized spacial score (nSPS) is 16.0. The molecule has 0 saturated carbocycles. The smallest absolute Gasteiger partial charge is 0.249 e. The van der Waals surface area contributed by atoms with Crippen molar-refractivity contribution in [1.82, 2.24) is 5.32 Å². The summed E-state index contributed by atoms with van der Waals surface area (Å²) in [7, 11) is 0. The summed E-state index contributed by atoms with van der Waals surface area (Å²) in [5, 5.41) is 15.0. The Morgan fingerprint density at radius 3 is 2.31 bits per heavy atom. The molecule has 2 aromatic carbocycles. The second-order valence-corrected chi connectivity index (χ2v) is 7.01. The van der Waals surface area contributed by atoms with Crippen LogP contribution in [0.4, 0.5) is 11.4 Å². The van der Waals surface area contributed by atoms with Crippen LogP contribution in [0.15, 0.2) is 54.6 Å². The van der Waals surface area contributed by atoms with Crippen molar-refractivity contribution >= 4 is 23.2 Å². The molecule has 7 nitrogen and oxygen atoms in total. The third-order valence-electron chi connectivity index (χ3n) is 5.02. The van der Waals surface area contributed by atoms with E-state index in [0.29, 0.717) is 18.9 Å². The quantitative estimate of drug-likeness (QED) is 0.662. The Bertz CT molecular complexity index is 805. The molecule has 0 aliphatic carbocycles. The van der Waals surface area contributed by atoms with Gasteiger partial charge in [-0.25, -0.2) is 0 Å². The predicted octanol–water partition coefficient (Wildman–Crippen LogP) is 1.74. The van der Waals surface area contributed by atoms with E-state index in [1.54, 1.807) is 6.92 Å². The van der Waals surface area contributed by atoms with Gasteiger partial charge in [-0.1, -0.05) is 30.3 Å². The van der Waals surface area contributed by atoms with Crippen molar-refractivity contribution in [2.75, 3.05) is 43.1 Å². The highest BCUT2D eigenvalue weighted by molar-refractivity contribution is 5.98. The van der Waals surface area contributed by atoms with Gasteiger partial charge in [-0.05, 0) is 36.8 Å². The lowest BCUT2D eigenvalue weighted by molar-refractivity contribution is -0.128. The highest BCUT2D eigenvalue weighted by Gasteiger charge is 2.23. The van der Waals surface area contributed by atoms with Crippen molar-refractivity contribution in [3.63, 3.8) is 0 Å². The van der Waals surface area contributed by atoms with Crippen LogP contribution in [0.25, 0.3) is 0 Å². The number of hydrogen-bond acceptors (Lipinski definition) is 5. The highest BCUT2D eigenvalue weighted by atomic mass is 16.5. The lowest BCUT2D eigenvalue weighted by Crippen LogP contribution is -2.47. The summed E-state index contributed by atoms with van der Waals surface area (Å²) in [6, 6.07) is 15.8. The fraction of sp³-hybridized carbons (Fsp3) is 0.364. The first-order valence-electron chi connectivity index (χ1n) is 9.78. The Hall–Kier alpha value is -2.90. The summed E-state index contributed by atoms with van der Waals surface area (Å²) in [5.74, 6) is -1.20. The van der Waals surface area contributed by atoms with Gasteiger partial charge >= 0.3 is 0 Å². The maximum atomic E-state index is 12.5. The molecule has 154 valence electrons. The van der Waals surface area contributed by atoms with Crippen LogP contribution in [0.1, 0.15) is 18.4 Å². The number of hydrogen-bond donors (Lipinski definition) is 3. The molecule has 2 atom stereocenters. The van der Waals surface area contributed by atoms with E-state index in [-0.39, 0.29) is 5.91 Å². The van der Waals surface area contributed by atoms with E-state index in [2.05, 4.69) is 15.5 Å². The number of aliphatic hydroxyl groups excluding tert-OH is 1. The Labute approximate surface area is 170 Å². The number of anilines is 2. The first kappa shape index (κ1) is 20.8. The minimum absolute atomic E-state index is 0.312. The monoisotopic (exact) mass is 397 g/mol. The van der Waals surface area contributed by atoms with E-state index >= 15 is 0 Å². The largest absolute Gasteiger partial charge is 0.394 e. The summed E-state index contributed by atoms with van der Waals surface area (Å²) in [5.41, 5.74) is 2.52. The number of benzene rings is 2. The molecule has 1 saturated heterocycles. The standard InChI is InChI=1S/C22H27N3O4/c1-16(17-5-3-2-4-6-17)21(27)24-20(15-26)22(28)23-18-7-9-19(10-8-18)25-11-13-29-14-12-25/h2-10,16,20,26H,11-15H2,1H3,(H,23,28)(H,24,27). The Kier molecular flexibility index (Phi) is 7.21. The van der Waals surface area contributed by atoms with E-state index in [0.717, 1.165) is 24.3 Å². The minimum Gasteiger partial charge on any atom is -0.394 e. The average molecular weight is 397 g/mol. The molecule has 2 unspecified atom stereocenters. The summed E-state index contributed by atoms with van der Waals surface area (Å²) in [4.78, 5) is 27.2. The molecule has 7 heteroatoms. The van der Waals surface area contributed by atoms with Crippen molar-refractivity contribution < 1.29 is 19.4 Å². The lowest BCUT2D eigenvalue weighted by Gasteiger charge is -2.29. The predicted molar refractivity (Wildman–Crippen MR) is 112 cm³/mol. The number of carbonyl (C=O) groups excluding carboxylic acids is 2. The van der Waals surface area contributed by atoms with Crippen LogP contribution in [0.3, 0.4) is 0 Å². The van der Waals surface area contributed by atoms with Crippen LogP contribution >= 0.6 is 0 Å². The fourth-order valence-corrected chi connectivity index (χ4v) is 3.19. The first-order valence-corrected chi connectivity index (χ1v) is 9.78. The molecule has 3 rings (SSSR count). The molecule has 1 aliphatic heterocycles. The van der Waals surface area contributed by atoms with Crippen molar-refractivity contribution in [2.24, 2.45) is 0 Å². The highest BCUT2D eigenvalue weighted by Crippen LogP contribution is 2.19. The zero-order valence-corrected chi connectivity index (χ0v) is 16.5. The van der Waals surface area contributed by atoms with E-state index in [1.807, 2.05) is 54.6 Å². The first-order chi connectivity index (χ1) is 14.1. The van der Waals surface area contributed by atoms with Gasteiger partial charge in [0, 0.05) is 24.5 Å². The maximum Gasteiger partial charge on any atom is 0.249 e. The van der Waals surface area contributed by atoms with Crippen molar-refractivity contribution in [2.45, 2.75) is 18.9 Å². The number of nitrogens with zero attached hydrogens (tertiary/aromatic N) is 1. The van der Waals surface area contributed by atoms with Gasteiger partial charge in [0.05, 0.1) is 25.7 Å². The van der Waals surface area contributed by atoms with E-state index in [4.69, 9.17) is 4.74 Å². The molecule has 1 aliphatic rings. The SMILES string of the molecule is CC(C(=O)NC(CO)C(=O)Nc1ccc(N2CCOCC2)cc1)c1ccccc1. The number of nitrogens with one attached hydrogen (secondary N) is 2. The Morgan fingerprint density at radius 1 is 1.03 bits per heavy atom. The van der Waals surface area contributed by atoms with Gasteiger partial charge in [-0.15, -0.1) is 0 Å². The summed E-state index contributed by atoms with van der Waals surface area (Å²) < 4.78 is 5.36. The number of ether oxygens (including phenoxy) is 1. The molecule has 0 bridgehead atoms. The van der Waals surface area contributed by atoms with Gasteiger partial charge in [0.1, 0.15) is 6.04 Å². The van der Waals surface area contributed by atoms with Crippen LogP contribution in [0, 0.1) is 0 Å². The van der Waals surface area contributed by atoms with Gasteiger partial charge in [-0.2, -0.15) is 0 Å². The van der Waals surface area contributed by atoms with Gasteiger partial charge in [0.25, 0.3) is 0 Å². The summed E-state index contributed by atoms with van der Waals surface area (Å²) >= 11 is 0. The van der Waals surface area contributed by atoms with Crippen molar-refractivity contribution in [3.05, 3.63) is 60.2 Å². The summed E-state index contributed by atoms with van der Waals surface area (Å²) in [6.45, 7) is 4.37. The van der Waals surface area contributed by atoms with E-state index in [1.165, 1.54) is 0 Å². The number of rotatable bonds is 7. The number of carbonyl (C=O) groups is 2. The van der Waals surface area contributed by atoms with E-state index < -0.39 is 24.5 Å². The zero-order valence-electron chi connectivity index (χ0n) is 16.5. The molecule has 1 fully saturated rings. The molecule has 1 heterocycles. The van der Waals surface area contributed by atoms with Crippen LogP contribution in [-0.4, -0.2) is 55.9 Å². The van der Waals surface area contributed by atoms with Crippen LogP contribution in [0.5, 0.6) is 0 Å². The molecular formula is C22H27N3O4. The zero-order chi connectivity index (χ0) is 20.6. The van der Waals surface area contributed by atoms with Crippen LogP contribution in [-0.2, 0) is 14.3 Å². The molecule has 0 spiro atoms. The molecular weight excluding hydrogens is 370 g/mol. The molecule has 2 amide bonds. The second kappa shape index (κ2) is 10.0. The van der Waals surface area contributed by atoms with Gasteiger partial charge < -0.3 is 25.4 Å². The lowest BCUT2D eigenvalue weighted by atomic mass is 10.00. The minimum atomic E-state index is -1.02. The Morgan fingerprint density at radius 2 is 1.69 bits per heavy atom. The average Bonchev–Trinajstić information content (AvgIpc) is 2.78. The number of morpholine rings is 1. The molecule has 0 radical (unpaired) electrons. The Balaban J connectivity index is 1.57. The molecule has 29 heavy (non-hydrogen) atoms. The molecule has 0 aromatic heterocycles. The third kappa shape index (κ3) is 5.56. The van der Waals surface area contributed by atoms with Crippen LogP contribution < -0.4 is 15.5 Å². The van der Waals surface area contributed by atoms with Crippen molar-refractivity contribution in [3.8, 4) is 0 Å². The maximum absolute atomic E-state index is 12.5. The fourth-order valence-electron chi connectivity index (χ4n) is 3.19. The van der Waals surface area contributed by atoms with Gasteiger partial charge in [0.2, 0.25) is 11.8 Å². The van der Waals surface area contributed by atoms with E-state index in [9.17, 15) is 14.7 Å². The summed E-state index contributed by atoms with van der Waals surface area (Å²) in [6.07, 6.45) is 0. The van der Waals surface area contributed by atoms with Crippen LogP contribution in [0.2, 0.25) is 0 Å². The van der Waals surface area contributed by atoms with Crippen molar-refractivity contribution in [1.29, 1.82) is 0 Å². The van der Waals surface area contributed by atoms with Gasteiger partial charge in [-0.3, -0.25) is 9.59 Å². The number of amides is 2. The van der Waals surface area contributed by atoms with Gasteiger partial charge in [0.15, 0.2) is 0 Å². The molecule has 3 N–H and O–H groups in total. The topological polar surface area (TPSA) is 90.9 Å². The second-order valence-electron chi connectivity index (χ2n) is 7.01. The number of aliphatic hydroxyl groups is 1. The molecule has 2 aromatic rings.